The first-order valence-electron chi connectivity index (χ1n) is 16.2. The number of rotatable bonds is 5. The van der Waals surface area contributed by atoms with Gasteiger partial charge in [-0.1, -0.05) is 122 Å². The van der Waals surface area contributed by atoms with Gasteiger partial charge in [0.1, 0.15) is 17.3 Å². The van der Waals surface area contributed by atoms with Crippen molar-refractivity contribution in [2.45, 2.75) is 78.1 Å². The minimum absolute atomic E-state index is 0. The molecule has 0 saturated carbocycles. The molecule has 0 aliphatic heterocycles. The van der Waals surface area contributed by atoms with Gasteiger partial charge in [-0.2, -0.15) is 0 Å². The second-order valence-electron chi connectivity index (χ2n) is 14.3. The average Bonchev–Trinajstić information content (AvgIpc) is 3.48. The Hall–Kier alpha value is -4.08. The number of aromatic hydroxyl groups is 1. The molecule has 3 aromatic heterocycles. The summed E-state index contributed by atoms with van der Waals surface area (Å²) in [5.74, 6) is 1.69. The van der Waals surface area contributed by atoms with Gasteiger partial charge in [0.05, 0.1) is 17.1 Å². The van der Waals surface area contributed by atoms with E-state index in [0.29, 0.717) is 11.8 Å². The molecule has 0 bridgehead atoms. The van der Waals surface area contributed by atoms with Crippen molar-refractivity contribution >= 4 is 10.8 Å². The van der Waals surface area contributed by atoms with Crippen LogP contribution in [0.1, 0.15) is 89.5 Å². The predicted octanol–water partition coefficient (Wildman–Crippen LogP) is 10.1. The van der Waals surface area contributed by atoms with Gasteiger partial charge in [-0.05, 0) is 57.8 Å². The number of imidazole rings is 1. The topological polar surface area (TPSA) is 63.8 Å². The summed E-state index contributed by atoms with van der Waals surface area (Å²) in [6.45, 7) is 18.0. The van der Waals surface area contributed by atoms with E-state index >= 15 is 0 Å². The van der Waals surface area contributed by atoms with Crippen molar-refractivity contribution in [1.82, 2.24) is 19.5 Å². The van der Waals surface area contributed by atoms with Crippen molar-refractivity contribution in [2.24, 2.45) is 0 Å². The minimum Gasteiger partial charge on any atom is -0.507 e. The molecule has 0 radical (unpaired) electrons. The van der Waals surface area contributed by atoms with Crippen molar-refractivity contribution in [1.29, 1.82) is 0 Å². The van der Waals surface area contributed by atoms with Crippen LogP contribution in [-0.4, -0.2) is 24.6 Å². The van der Waals surface area contributed by atoms with E-state index in [2.05, 4.69) is 132 Å². The van der Waals surface area contributed by atoms with Gasteiger partial charge in [-0.15, -0.1) is 16.8 Å². The normalized spacial score (nSPS) is 14.6. The monoisotopic (exact) mass is 800 g/mol. The summed E-state index contributed by atoms with van der Waals surface area (Å²) in [7, 11) is 0. The molecule has 1 aliphatic carbocycles. The van der Waals surface area contributed by atoms with Gasteiger partial charge in [-0.3, -0.25) is 0 Å². The molecule has 5 nitrogen and oxygen atoms in total. The molecule has 47 heavy (non-hydrogen) atoms. The summed E-state index contributed by atoms with van der Waals surface area (Å²) in [6, 6.07) is 25.0. The van der Waals surface area contributed by atoms with Gasteiger partial charge < -0.3 is 14.7 Å². The van der Waals surface area contributed by atoms with Crippen molar-refractivity contribution in [2.75, 3.05) is 0 Å². The molecule has 7 rings (SSSR count). The van der Waals surface area contributed by atoms with Crippen LogP contribution in [0.5, 0.6) is 5.75 Å². The Bertz CT molecular complexity index is 2110. The van der Waals surface area contributed by atoms with E-state index in [1.165, 1.54) is 11.1 Å². The van der Waals surface area contributed by atoms with Crippen LogP contribution in [0.25, 0.3) is 50.5 Å². The summed E-state index contributed by atoms with van der Waals surface area (Å²) in [6.07, 6.45) is 7.16. The smallest absolute Gasteiger partial charge is 0.125 e. The van der Waals surface area contributed by atoms with Crippen molar-refractivity contribution in [3.63, 3.8) is 0 Å². The molecule has 242 valence electrons. The zero-order valence-electron chi connectivity index (χ0n) is 28.3. The van der Waals surface area contributed by atoms with Crippen LogP contribution >= 0.6 is 0 Å². The Balaban J connectivity index is 0.00000386. The van der Waals surface area contributed by atoms with E-state index in [4.69, 9.17) is 9.97 Å². The molecule has 0 spiro atoms. The molecule has 0 saturated heterocycles. The van der Waals surface area contributed by atoms with Gasteiger partial charge in [0.15, 0.2) is 0 Å². The third-order valence-electron chi connectivity index (χ3n) is 10.5. The number of para-hydroxylation sites is 1. The molecular formula is C41H41N4OPt-. The first-order valence-corrected chi connectivity index (χ1v) is 16.2. The third-order valence-corrected chi connectivity index (χ3v) is 10.5. The molecule has 0 atom stereocenters. The molecule has 0 unspecified atom stereocenters. The third kappa shape index (κ3) is 5.06. The summed E-state index contributed by atoms with van der Waals surface area (Å²) in [4.78, 5) is 15.0. The van der Waals surface area contributed by atoms with Crippen molar-refractivity contribution in [3.05, 3.63) is 114 Å². The standard InChI is InChI=1S/C41H41N4O.Pt/c1-24(2)27-13-10-14-28(25(3)4)38(27)45-23-34(44-39(45)29-15-9-12-26-20-21-42-22-30(26)29)33-19-18-32-37(43-33)36-31(16-11-17-35(36)46)40(5,6)41(32,7)8;/h9-21,23-25,46H,1-8H3;/q-1;. The molecule has 1 N–H and O–H groups in total. The number of benzene rings is 3. The van der Waals surface area contributed by atoms with Crippen molar-refractivity contribution < 1.29 is 26.2 Å². The SMILES string of the molecule is CC(C)c1cccc(C(C)C)c1-n1cc(-c2ccc3c(n2)-c2c(O)cccc2C(C)(C)C3(C)C)nc1-c1cccc2ccn[c-]c12.[Pt]. The number of hydrogen-bond donors (Lipinski definition) is 1. The number of fused-ring (bicyclic) bond motifs is 4. The fourth-order valence-corrected chi connectivity index (χ4v) is 7.17. The summed E-state index contributed by atoms with van der Waals surface area (Å²) in [5.41, 5.74) is 9.62. The fraction of sp³-hybridized carbons (Fsp3) is 0.293. The van der Waals surface area contributed by atoms with Gasteiger partial charge >= 0.3 is 0 Å². The first kappa shape index (κ1) is 32.8. The molecule has 0 fully saturated rings. The van der Waals surface area contributed by atoms with E-state index in [0.717, 1.165) is 61.6 Å². The number of aromatic nitrogens is 4. The minimum atomic E-state index is -0.215. The van der Waals surface area contributed by atoms with Crippen LogP contribution in [0.2, 0.25) is 0 Å². The average molecular weight is 801 g/mol. The Morgan fingerprint density at radius 3 is 2.09 bits per heavy atom. The molecular weight excluding hydrogens is 760 g/mol. The number of hydrogen-bond acceptors (Lipinski definition) is 4. The van der Waals surface area contributed by atoms with Crippen LogP contribution in [0, 0.1) is 6.20 Å². The Morgan fingerprint density at radius 1 is 0.723 bits per heavy atom. The maximum absolute atomic E-state index is 11.2. The number of pyridine rings is 2. The van der Waals surface area contributed by atoms with Gasteiger partial charge in [0.2, 0.25) is 0 Å². The number of phenols is 1. The number of nitrogens with zero attached hydrogens (tertiary/aromatic N) is 4. The Labute approximate surface area is 292 Å². The fourth-order valence-electron chi connectivity index (χ4n) is 7.17. The van der Waals surface area contributed by atoms with E-state index in [9.17, 15) is 5.11 Å². The molecule has 3 aromatic carbocycles. The molecule has 1 aliphatic rings. The Kier molecular flexibility index (Phi) is 8.29. The molecule has 3 heterocycles. The van der Waals surface area contributed by atoms with Crippen molar-refractivity contribution in [3.8, 4) is 45.5 Å². The zero-order valence-corrected chi connectivity index (χ0v) is 30.6. The van der Waals surface area contributed by atoms with Gasteiger partial charge in [0, 0.05) is 38.2 Å². The largest absolute Gasteiger partial charge is 0.507 e. The van der Waals surface area contributed by atoms with Crippen LogP contribution in [0.15, 0.2) is 85.2 Å². The maximum atomic E-state index is 11.2. The first-order chi connectivity index (χ1) is 21.9. The molecule has 6 aromatic rings. The molecule has 6 heteroatoms. The second-order valence-corrected chi connectivity index (χ2v) is 14.3. The van der Waals surface area contributed by atoms with E-state index in [-0.39, 0.29) is 37.6 Å². The summed E-state index contributed by atoms with van der Waals surface area (Å²) < 4.78 is 2.26. The zero-order chi connectivity index (χ0) is 32.5. The van der Waals surface area contributed by atoms with Crippen LogP contribution in [-0.2, 0) is 31.9 Å². The van der Waals surface area contributed by atoms with Crippen LogP contribution in [0.4, 0.5) is 0 Å². The Morgan fingerprint density at radius 2 is 1.38 bits per heavy atom. The van der Waals surface area contributed by atoms with E-state index in [1.807, 2.05) is 12.1 Å². The van der Waals surface area contributed by atoms with E-state index < -0.39 is 0 Å². The number of phenolic OH excluding ortho intramolecular Hbond substituents is 1. The molecule has 0 amide bonds. The van der Waals surface area contributed by atoms with Gasteiger partial charge in [-0.25, -0.2) is 9.97 Å². The predicted molar refractivity (Wildman–Crippen MR) is 188 cm³/mol. The summed E-state index contributed by atoms with van der Waals surface area (Å²) >= 11 is 0. The van der Waals surface area contributed by atoms with Crippen LogP contribution < -0.4 is 0 Å². The second kappa shape index (κ2) is 11.9. The van der Waals surface area contributed by atoms with E-state index in [1.54, 1.807) is 12.3 Å². The quantitative estimate of drug-likeness (QED) is 0.177. The van der Waals surface area contributed by atoms with Gasteiger partial charge in [0.25, 0.3) is 0 Å². The maximum Gasteiger partial charge on any atom is 0.125 e. The van der Waals surface area contributed by atoms with Crippen LogP contribution in [0.3, 0.4) is 0 Å². The summed E-state index contributed by atoms with van der Waals surface area (Å²) in [5, 5.41) is 13.2.